The minimum Gasteiger partial charge on any atom is -0.476 e. The number of hydrazone groups is 1. The van der Waals surface area contributed by atoms with Crippen molar-refractivity contribution >= 4 is 35.0 Å². The molecule has 166 valence electrons. The average molecular weight is 432 g/mol. The molecular formula is C26H29N3O3. The van der Waals surface area contributed by atoms with Crippen LogP contribution in [0.5, 0.6) is 0 Å². The number of hydrogen-bond acceptors (Lipinski definition) is 4. The maximum Gasteiger partial charge on any atom is 0.357 e. The first-order valence-electron chi connectivity index (χ1n) is 11.2. The van der Waals surface area contributed by atoms with Gasteiger partial charge in [0.25, 0.3) is 5.91 Å². The van der Waals surface area contributed by atoms with Crippen molar-refractivity contribution in [3.8, 4) is 0 Å². The first-order chi connectivity index (χ1) is 15.3. The van der Waals surface area contributed by atoms with Gasteiger partial charge in [0.05, 0.1) is 11.3 Å². The number of fused-ring (bicyclic) bond motifs is 1. The van der Waals surface area contributed by atoms with Crippen molar-refractivity contribution in [3.05, 3.63) is 65.2 Å². The van der Waals surface area contributed by atoms with E-state index >= 15 is 0 Å². The van der Waals surface area contributed by atoms with Gasteiger partial charge >= 0.3 is 5.97 Å². The molecule has 0 saturated carbocycles. The fraction of sp³-hybridized carbons (Fsp3) is 0.346. The van der Waals surface area contributed by atoms with E-state index in [1.807, 2.05) is 12.1 Å². The highest BCUT2D eigenvalue weighted by Gasteiger charge is 2.35. The van der Waals surface area contributed by atoms with Gasteiger partial charge < -0.3 is 10.0 Å². The lowest BCUT2D eigenvalue weighted by atomic mass is 9.94. The molecule has 2 aliphatic rings. The summed E-state index contributed by atoms with van der Waals surface area (Å²) in [6, 6.07) is 15.0. The van der Waals surface area contributed by atoms with E-state index in [1.54, 1.807) is 30.3 Å². The van der Waals surface area contributed by atoms with Crippen molar-refractivity contribution in [1.82, 2.24) is 0 Å². The molecule has 4 rings (SSSR count). The van der Waals surface area contributed by atoms with Crippen molar-refractivity contribution in [2.24, 2.45) is 16.9 Å². The van der Waals surface area contributed by atoms with Crippen LogP contribution in [0.4, 0.5) is 11.4 Å². The molecule has 2 aliphatic heterocycles. The molecule has 6 heteroatoms. The summed E-state index contributed by atoms with van der Waals surface area (Å²) in [6.45, 7) is 8.86. The number of carbonyl (C=O) groups is 2. The second kappa shape index (κ2) is 8.99. The molecule has 0 spiro atoms. The van der Waals surface area contributed by atoms with Crippen LogP contribution in [0.2, 0.25) is 0 Å². The van der Waals surface area contributed by atoms with Crippen LogP contribution >= 0.6 is 0 Å². The second-order valence-electron chi connectivity index (χ2n) is 8.92. The topological polar surface area (TPSA) is 73.2 Å². The Morgan fingerprint density at radius 1 is 1.16 bits per heavy atom. The number of nitrogens with zero attached hydrogens (tertiary/aromatic N) is 3. The summed E-state index contributed by atoms with van der Waals surface area (Å²) < 4.78 is 0. The Hall–Kier alpha value is -3.41. The number of carboxylic acids is 1. The molecule has 6 nitrogen and oxygen atoms in total. The van der Waals surface area contributed by atoms with E-state index in [-0.39, 0.29) is 11.3 Å². The molecule has 0 saturated heterocycles. The maximum atomic E-state index is 13.0. The van der Waals surface area contributed by atoms with E-state index in [2.05, 4.69) is 42.9 Å². The zero-order valence-electron chi connectivity index (χ0n) is 18.8. The molecule has 0 bridgehead atoms. The second-order valence-corrected chi connectivity index (χ2v) is 8.92. The molecule has 1 atom stereocenters. The third kappa shape index (κ3) is 4.31. The predicted octanol–water partition coefficient (Wildman–Crippen LogP) is 4.60. The molecular weight excluding hydrogens is 402 g/mol. The van der Waals surface area contributed by atoms with Crippen LogP contribution in [-0.2, 0) is 16.0 Å². The summed E-state index contributed by atoms with van der Waals surface area (Å²) in [6.07, 6.45) is 3.71. The number of carbonyl (C=O) groups excluding carboxylic acids is 1. The Morgan fingerprint density at radius 3 is 2.59 bits per heavy atom. The van der Waals surface area contributed by atoms with Crippen LogP contribution in [0.25, 0.3) is 6.08 Å². The Kier molecular flexibility index (Phi) is 6.12. The van der Waals surface area contributed by atoms with Gasteiger partial charge in [0, 0.05) is 18.8 Å². The molecule has 32 heavy (non-hydrogen) atoms. The highest BCUT2D eigenvalue weighted by molar-refractivity contribution is 6.53. The van der Waals surface area contributed by atoms with Gasteiger partial charge in [-0.05, 0) is 66.1 Å². The Morgan fingerprint density at radius 2 is 1.91 bits per heavy atom. The number of anilines is 2. The quantitative estimate of drug-likeness (QED) is 0.679. The van der Waals surface area contributed by atoms with Crippen LogP contribution in [0.1, 0.15) is 38.3 Å². The number of rotatable bonds is 6. The molecule has 0 aliphatic carbocycles. The first-order valence-corrected chi connectivity index (χ1v) is 11.2. The van der Waals surface area contributed by atoms with Gasteiger partial charge in [-0.3, -0.25) is 4.79 Å². The number of para-hydroxylation sites is 1. The Balaban J connectivity index is 1.64. The number of aryl methyl sites for hydroxylation is 1. The summed E-state index contributed by atoms with van der Waals surface area (Å²) >= 11 is 0. The average Bonchev–Trinajstić information content (AvgIpc) is 3.10. The lowest BCUT2D eigenvalue weighted by molar-refractivity contribution is -0.129. The first kappa shape index (κ1) is 21.8. The van der Waals surface area contributed by atoms with Gasteiger partial charge in [-0.1, -0.05) is 45.0 Å². The van der Waals surface area contributed by atoms with Crippen LogP contribution in [0, 0.1) is 11.8 Å². The third-order valence-corrected chi connectivity index (χ3v) is 6.36. The monoisotopic (exact) mass is 431 g/mol. The third-order valence-electron chi connectivity index (χ3n) is 6.36. The highest BCUT2D eigenvalue weighted by atomic mass is 16.4. The molecule has 2 aromatic carbocycles. The van der Waals surface area contributed by atoms with E-state index in [4.69, 9.17) is 0 Å². The molecule has 2 heterocycles. The summed E-state index contributed by atoms with van der Waals surface area (Å²) in [5.74, 6) is -0.426. The van der Waals surface area contributed by atoms with Crippen molar-refractivity contribution in [1.29, 1.82) is 0 Å². The summed E-state index contributed by atoms with van der Waals surface area (Å²) in [5.41, 5.74) is 3.70. The summed E-state index contributed by atoms with van der Waals surface area (Å²) in [4.78, 5) is 27.3. The number of benzene rings is 2. The molecule has 0 aromatic heterocycles. The van der Waals surface area contributed by atoms with E-state index in [0.717, 1.165) is 36.5 Å². The zero-order valence-corrected chi connectivity index (χ0v) is 18.8. The van der Waals surface area contributed by atoms with Crippen LogP contribution in [0.15, 0.2) is 59.2 Å². The molecule has 1 amide bonds. The maximum absolute atomic E-state index is 13.0. The molecule has 2 aromatic rings. The van der Waals surface area contributed by atoms with Crippen molar-refractivity contribution in [2.75, 3.05) is 23.0 Å². The number of aliphatic carboxylic acids is 1. The molecule has 1 N–H and O–H groups in total. The Bertz CT molecular complexity index is 1090. The summed E-state index contributed by atoms with van der Waals surface area (Å²) in [7, 11) is 0. The van der Waals surface area contributed by atoms with Crippen molar-refractivity contribution < 1.29 is 14.7 Å². The van der Waals surface area contributed by atoms with E-state index < -0.39 is 11.9 Å². The zero-order chi connectivity index (χ0) is 22.8. The SMILES string of the molecule is CC(C)C(C)CN1CCCc2cc(C=C3C(=O)N(c4ccccc4)N=C3C(=O)O)ccc21. The largest absolute Gasteiger partial charge is 0.476 e. The lowest BCUT2D eigenvalue weighted by Gasteiger charge is -2.34. The van der Waals surface area contributed by atoms with Crippen LogP contribution in [-0.4, -0.2) is 35.8 Å². The minimum absolute atomic E-state index is 0.0994. The van der Waals surface area contributed by atoms with Gasteiger partial charge in [-0.25, -0.2) is 4.79 Å². The number of amides is 1. The van der Waals surface area contributed by atoms with Gasteiger partial charge in [0.2, 0.25) is 0 Å². The van der Waals surface area contributed by atoms with Crippen LogP contribution in [0.3, 0.4) is 0 Å². The molecule has 0 fully saturated rings. The highest BCUT2D eigenvalue weighted by Crippen LogP contribution is 2.31. The molecule has 0 radical (unpaired) electrons. The Labute approximate surface area is 188 Å². The van der Waals surface area contributed by atoms with Crippen LogP contribution < -0.4 is 9.91 Å². The number of carboxylic acid groups (broad SMARTS) is 1. The van der Waals surface area contributed by atoms with Gasteiger partial charge in [-0.2, -0.15) is 10.1 Å². The lowest BCUT2D eigenvalue weighted by Crippen LogP contribution is -2.34. The fourth-order valence-corrected chi connectivity index (χ4v) is 4.15. The summed E-state index contributed by atoms with van der Waals surface area (Å²) in [5, 5.41) is 14.9. The van der Waals surface area contributed by atoms with Gasteiger partial charge in [0.15, 0.2) is 5.71 Å². The fourth-order valence-electron chi connectivity index (χ4n) is 4.15. The predicted molar refractivity (Wildman–Crippen MR) is 128 cm³/mol. The van der Waals surface area contributed by atoms with Crippen molar-refractivity contribution in [2.45, 2.75) is 33.6 Å². The van der Waals surface area contributed by atoms with E-state index in [9.17, 15) is 14.7 Å². The van der Waals surface area contributed by atoms with Crippen molar-refractivity contribution in [3.63, 3.8) is 0 Å². The normalized spacial score (nSPS) is 18.2. The van der Waals surface area contributed by atoms with E-state index in [1.165, 1.54) is 11.3 Å². The minimum atomic E-state index is -1.21. The number of hydrogen-bond donors (Lipinski definition) is 1. The molecule has 1 unspecified atom stereocenters. The standard InChI is InChI=1S/C26H29N3O3/c1-17(2)18(3)16-28-13-7-8-20-14-19(11-12-23(20)28)15-22-24(26(31)32)27-29(25(22)30)21-9-5-4-6-10-21/h4-6,9-12,14-15,17-18H,7-8,13,16H2,1-3H3,(H,31,32). The smallest absolute Gasteiger partial charge is 0.357 e. The van der Waals surface area contributed by atoms with Gasteiger partial charge in [0.1, 0.15) is 0 Å². The van der Waals surface area contributed by atoms with Gasteiger partial charge in [-0.15, -0.1) is 0 Å². The van der Waals surface area contributed by atoms with E-state index in [0.29, 0.717) is 17.5 Å².